The summed E-state index contributed by atoms with van der Waals surface area (Å²) >= 11 is 0.980. The zero-order valence-electron chi connectivity index (χ0n) is 11.5. The van der Waals surface area contributed by atoms with Crippen LogP contribution in [0, 0.1) is 0 Å². The fraction of sp³-hybridized carbons (Fsp3) is 1.00. The number of rotatable bonds is 9. The van der Waals surface area contributed by atoms with E-state index in [1.165, 1.54) is 7.05 Å². The normalized spacial score (nSPS) is 16.2. The lowest BCUT2D eigenvalue weighted by molar-refractivity contribution is 0.0921. The molecule has 0 heterocycles. The smallest absolute Gasteiger partial charge is 0.342 e. The molecule has 0 aromatic carbocycles. The summed E-state index contributed by atoms with van der Waals surface area (Å²) in [6.45, 7) is 2.65. The maximum Gasteiger partial charge on any atom is 0.342 e. The highest BCUT2D eigenvalue weighted by molar-refractivity contribution is 8.56. The Labute approximate surface area is 114 Å². The fourth-order valence-corrected chi connectivity index (χ4v) is 7.16. The van der Waals surface area contributed by atoms with E-state index in [0.29, 0.717) is 12.4 Å². The highest BCUT2D eigenvalue weighted by Gasteiger charge is 2.35. The third-order valence-corrected chi connectivity index (χ3v) is 9.24. The Morgan fingerprint density at radius 2 is 1.94 bits per heavy atom. The maximum absolute atomic E-state index is 12.4. The van der Waals surface area contributed by atoms with Gasteiger partial charge in [-0.05, 0) is 20.8 Å². The minimum absolute atomic E-state index is 0.0877. The van der Waals surface area contributed by atoms with Gasteiger partial charge in [-0.15, -0.1) is 4.08 Å². The first kappa shape index (κ1) is 18.4. The van der Waals surface area contributed by atoms with E-state index in [2.05, 4.69) is 0 Å². The Hall–Kier alpha value is 0.410. The van der Waals surface area contributed by atoms with Gasteiger partial charge in [0.2, 0.25) is 10.0 Å². The predicted molar refractivity (Wildman–Crippen MR) is 75.4 cm³/mol. The lowest BCUT2D eigenvalue weighted by Crippen LogP contribution is -2.23. The summed E-state index contributed by atoms with van der Waals surface area (Å²) in [5.41, 5.74) is 0. The molecule has 0 aliphatic rings. The van der Waals surface area contributed by atoms with Crippen molar-refractivity contribution in [2.24, 2.45) is 0 Å². The molecule has 0 rings (SSSR count). The van der Waals surface area contributed by atoms with Crippen LogP contribution in [-0.2, 0) is 23.8 Å². The molecule has 0 bridgehead atoms. The van der Waals surface area contributed by atoms with Crippen LogP contribution in [0.3, 0.4) is 0 Å². The average molecular weight is 319 g/mol. The second kappa shape index (κ2) is 7.87. The van der Waals surface area contributed by atoms with Crippen molar-refractivity contribution >= 4 is 28.1 Å². The van der Waals surface area contributed by atoms with Gasteiger partial charge < -0.3 is 9.26 Å². The molecule has 0 amide bonds. The van der Waals surface area contributed by atoms with Crippen LogP contribution in [0.15, 0.2) is 0 Å². The fourth-order valence-electron chi connectivity index (χ4n) is 0.981. The van der Waals surface area contributed by atoms with Gasteiger partial charge in [0.15, 0.2) is 0 Å². The monoisotopic (exact) mass is 319 g/mol. The van der Waals surface area contributed by atoms with Crippen molar-refractivity contribution in [1.82, 2.24) is 4.08 Å². The topological polar surface area (TPSA) is 72.9 Å². The number of hydrogen-bond acceptors (Lipinski definition) is 6. The standard InChI is InChI=1S/C9H22NO5PS2/c1-6-15-16(11,10(4)18(5,12)13)17-8-7-14-9(2)3/h9H,6-8H2,1-5H3. The summed E-state index contributed by atoms with van der Waals surface area (Å²) in [5.74, 6) is 0.412. The average Bonchev–Trinajstić information content (AvgIpc) is 2.22. The Bertz CT molecular complexity index is 384. The van der Waals surface area contributed by atoms with E-state index in [1.54, 1.807) is 6.92 Å². The van der Waals surface area contributed by atoms with Gasteiger partial charge in [0.05, 0.1) is 25.6 Å². The van der Waals surface area contributed by atoms with Gasteiger partial charge in [-0.2, -0.15) is 0 Å². The van der Waals surface area contributed by atoms with Crippen LogP contribution in [0.25, 0.3) is 0 Å². The van der Waals surface area contributed by atoms with Crippen LogP contribution in [0.2, 0.25) is 0 Å². The molecule has 0 fully saturated rings. The SMILES string of the molecule is CCOP(=O)(SCCOC(C)C)N(C)S(C)(=O)=O. The van der Waals surface area contributed by atoms with Crippen LogP contribution in [0.4, 0.5) is 0 Å². The quantitative estimate of drug-likeness (QED) is 0.479. The molecule has 0 saturated heterocycles. The summed E-state index contributed by atoms with van der Waals surface area (Å²) in [4.78, 5) is 0. The van der Waals surface area contributed by atoms with Gasteiger partial charge in [-0.1, -0.05) is 11.4 Å². The molecule has 0 aliphatic heterocycles. The number of nitrogens with zero attached hydrogens (tertiary/aromatic N) is 1. The highest BCUT2D eigenvalue weighted by Crippen LogP contribution is 2.62. The van der Waals surface area contributed by atoms with Gasteiger partial charge in [-0.3, -0.25) is 4.57 Å². The molecule has 1 unspecified atom stereocenters. The number of hydrogen-bond donors (Lipinski definition) is 0. The second-order valence-electron chi connectivity index (χ2n) is 3.84. The number of ether oxygens (including phenoxy) is 1. The number of sulfonamides is 1. The molecule has 0 spiro atoms. The van der Waals surface area contributed by atoms with E-state index < -0.39 is 16.7 Å². The molecular weight excluding hydrogens is 297 g/mol. The first-order valence-electron chi connectivity index (χ1n) is 5.58. The maximum atomic E-state index is 12.4. The second-order valence-corrected chi connectivity index (χ2v) is 10.7. The summed E-state index contributed by atoms with van der Waals surface area (Å²) in [7, 11) is -2.29. The van der Waals surface area contributed by atoms with Crippen molar-refractivity contribution in [3.05, 3.63) is 0 Å². The van der Waals surface area contributed by atoms with E-state index in [-0.39, 0.29) is 12.7 Å². The third-order valence-electron chi connectivity index (χ3n) is 1.91. The minimum atomic E-state index is -3.55. The van der Waals surface area contributed by atoms with Crippen molar-refractivity contribution < 1.29 is 22.2 Å². The predicted octanol–water partition coefficient (Wildman–Crippen LogP) is 2.18. The first-order valence-corrected chi connectivity index (χ1v) is 10.6. The van der Waals surface area contributed by atoms with Crippen LogP contribution in [0.1, 0.15) is 20.8 Å². The molecule has 110 valence electrons. The molecule has 1 atom stereocenters. The van der Waals surface area contributed by atoms with Gasteiger partial charge in [-0.25, -0.2) is 8.42 Å². The summed E-state index contributed by atoms with van der Waals surface area (Å²) in [5, 5.41) is 0. The molecule has 0 N–H and O–H groups in total. The molecule has 6 nitrogen and oxygen atoms in total. The van der Waals surface area contributed by atoms with E-state index in [1.807, 2.05) is 13.8 Å². The Balaban J connectivity index is 4.58. The molecular formula is C9H22NO5PS2. The molecule has 0 aromatic heterocycles. The van der Waals surface area contributed by atoms with Crippen molar-refractivity contribution in [1.29, 1.82) is 0 Å². The first-order chi connectivity index (χ1) is 8.13. The molecule has 9 heteroatoms. The van der Waals surface area contributed by atoms with E-state index in [0.717, 1.165) is 21.7 Å². The van der Waals surface area contributed by atoms with Gasteiger partial charge in [0.25, 0.3) is 0 Å². The molecule has 0 aliphatic carbocycles. The van der Waals surface area contributed by atoms with E-state index in [9.17, 15) is 13.0 Å². The molecule has 0 saturated carbocycles. The highest BCUT2D eigenvalue weighted by atomic mass is 32.7. The summed E-state index contributed by atoms with van der Waals surface area (Å²) in [6, 6.07) is 0. The lowest BCUT2D eigenvalue weighted by atomic mass is 10.5. The zero-order valence-corrected chi connectivity index (χ0v) is 14.0. The van der Waals surface area contributed by atoms with Crippen molar-refractivity contribution in [3.8, 4) is 0 Å². The van der Waals surface area contributed by atoms with Gasteiger partial charge in [0, 0.05) is 12.8 Å². The van der Waals surface area contributed by atoms with Crippen LogP contribution in [0.5, 0.6) is 0 Å². The van der Waals surface area contributed by atoms with Crippen LogP contribution >= 0.6 is 18.1 Å². The van der Waals surface area contributed by atoms with Crippen molar-refractivity contribution in [2.45, 2.75) is 26.9 Å². The van der Waals surface area contributed by atoms with Crippen LogP contribution < -0.4 is 0 Å². The zero-order chi connectivity index (χ0) is 14.4. The summed E-state index contributed by atoms with van der Waals surface area (Å²) < 4.78 is 46.5. The Kier molecular flexibility index (Phi) is 8.05. The molecule has 18 heavy (non-hydrogen) atoms. The molecule has 0 radical (unpaired) electrons. The van der Waals surface area contributed by atoms with Gasteiger partial charge in [0.1, 0.15) is 0 Å². The van der Waals surface area contributed by atoms with Crippen molar-refractivity contribution in [3.63, 3.8) is 0 Å². The largest absolute Gasteiger partial charge is 0.378 e. The minimum Gasteiger partial charge on any atom is -0.378 e. The van der Waals surface area contributed by atoms with Gasteiger partial charge >= 0.3 is 6.72 Å². The van der Waals surface area contributed by atoms with Crippen LogP contribution in [-0.4, -0.2) is 50.9 Å². The van der Waals surface area contributed by atoms with Crippen molar-refractivity contribution in [2.75, 3.05) is 32.3 Å². The third kappa shape index (κ3) is 6.54. The van der Waals surface area contributed by atoms with E-state index in [4.69, 9.17) is 9.26 Å². The summed E-state index contributed by atoms with van der Waals surface area (Å²) in [6.07, 6.45) is 1.09. The molecule has 0 aromatic rings. The lowest BCUT2D eigenvalue weighted by Gasteiger charge is -2.24. The Morgan fingerprint density at radius 1 is 1.39 bits per heavy atom. The van der Waals surface area contributed by atoms with E-state index >= 15 is 0 Å². The Morgan fingerprint density at radius 3 is 2.33 bits per heavy atom.